The van der Waals surface area contributed by atoms with Crippen LogP contribution in [0.5, 0.6) is 0 Å². The van der Waals surface area contributed by atoms with Gasteiger partial charge in [-0.3, -0.25) is 0 Å². The van der Waals surface area contributed by atoms with Gasteiger partial charge in [0.05, 0.1) is 26.8 Å². The number of nitrogen functional groups attached to an aromatic ring is 1. The highest BCUT2D eigenvalue weighted by atomic mass is 35.5. The van der Waals surface area contributed by atoms with Crippen LogP contribution < -0.4 is 5.73 Å². The molecule has 0 bridgehead atoms. The van der Waals surface area contributed by atoms with Gasteiger partial charge in [-0.2, -0.15) is 0 Å². The molecule has 2 aromatic heterocycles. The Labute approximate surface area is 139 Å². The fraction of sp³-hybridized carbons (Fsp3) is 0.0909. The minimum Gasteiger partial charge on any atom is -0.374 e. The maximum Gasteiger partial charge on any atom is 0.254 e. The lowest BCUT2D eigenvalue weighted by Gasteiger charge is -2.06. The second-order valence-electron chi connectivity index (χ2n) is 4.28. The monoisotopic (exact) mass is 375 g/mol. The molecule has 7 nitrogen and oxygen atoms in total. The fourth-order valence-corrected chi connectivity index (χ4v) is 4.35. The predicted octanol–water partition coefficient (Wildman–Crippen LogP) is 2.51. The first-order valence-electron chi connectivity index (χ1n) is 5.76. The first-order valence-corrected chi connectivity index (χ1v) is 8.82. The van der Waals surface area contributed by atoms with Crippen molar-refractivity contribution >= 4 is 60.5 Å². The van der Waals surface area contributed by atoms with Gasteiger partial charge < -0.3 is 5.73 Å². The molecule has 0 aliphatic rings. The number of hydrogen-bond acceptors (Lipinski definition) is 8. The quantitative estimate of drug-likeness (QED) is 0.731. The first kappa shape index (κ1) is 15.3. The second-order valence-corrected chi connectivity index (χ2v) is 8.14. The van der Waals surface area contributed by atoms with E-state index in [4.69, 9.17) is 28.9 Å². The van der Waals surface area contributed by atoms with Gasteiger partial charge in [-0.05, 0) is 19.1 Å². The average molecular weight is 376 g/mol. The van der Waals surface area contributed by atoms with Gasteiger partial charge in [-0.15, -0.1) is 10.2 Å². The number of halogens is 2. The van der Waals surface area contributed by atoms with E-state index in [1.807, 2.05) is 0 Å². The zero-order chi connectivity index (χ0) is 16.1. The molecule has 114 valence electrons. The van der Waals surface area contributed by atoms with E-state index in [0.717, 1.165) is 11.3 Å². The lowest BCUT2D eigenvalue weighted by Crippen LogP contribution is -2.08. The number of nitrogens with zero attached hydrogens (tertiary/aromatic N) is 4. The van der Waals surface area contributed by atoms with Crippen molar-refractivity contribution < 1.29 is 8.42 Å². The Morgan fingerprint density at radius 2 is 1.68 bits per heavy atom. The zero-order valence-corrected chi connectivity index (χ0v) is 14.1. The maximum atomic E-state index is 12.6. The Morgan fingerprint density at radius 1 is 1.09 bits per heavy atom. The number of aryl methyl sites for hydroxylation is 1. The standard InChI is InChI=1S/C11H7Cl2N5O2S2/c1-4-9(22(19,20)11-18-17-10(14)21-11)16-8-3-6(13)5(12)2-7(8)15-4/h2-3H,1H3,(H2,14,17). The Bertz CT molecular complexity index is 1000. The molecular formula is C11H7Cl2N5O2S2. The highest BCUT2D eigenvalue weighted by Crippen LogP contribution is 2.30. The predicted molar refractivity (Wildman–Crippen MR) is 84.1 cm³/mol. The Balaban J connectivity index is 2.27. The third-order valence-corrected chi connectivity index (χ3v) is 6.36. The number of hydrogen-bond donors (Lipinski definition) is 1. The van der Waals surface area contributed by atoms with Gasteiger partial charge in [0.25, 0.3) is 9.84 Å². The molecule has 0 radical (unpaired) electrons. The first-order chi connectivity index (χ1) is 10.3. The summed E-state index contributed by atoms with van der Waals surface area (Å²) >= 11 is 12.6. The molecule has 0 aliphatic heterocycles. The summed E-state index contributed by atoms with van der Waals surface area (Å²) in [7, 11) is -3.95. The Hall–Kier alpha value is -1.55. The van der Waals surface area contributed by atoms with E-state index < -0.39 is 9.84 Å². The summed E-state index contributed by atoms with van der Waals surface area (Å²) in [5.74, 6) is 0. The van der Waals surface area contributed by atoms with Gasteiger partial charge in [-0.25, -0.2) is 18.4 Å². The number of fused-ring (bicyclic) bond motifs is 1. The molecule has 0 fully saturated rings. The van der Waals surface area contributed by atoms with Crippen LogP contribution in [0.4, 0.5) is 5.13 Å². The zero-order valence-electron chi connectivity index (χ0n) is 10.9. The van der Waals surface area contributed by atoms with Crippen molar-refractivity contribution in [1.29, 1.82) is 0 Å². The smallest absolute Gasteiger partial charge is 0.254 e. The largest absolute Gasteiger partial charge is 0.374 e. The second kappa shape index (κ2) is 5.27. The summed E-state index contributed by atoms with van der Waals surface area (Å²) < 4.78 is 24.9. The summed E-state index contributed by atoms with van der Waals surface area (Å²) in [6.45, 7) is 1.53. The molecule has 0 amide bonds. The van der Waals surface area contributed by atoms with Gasteiger partial charge in [0.15, 0.2) is 5.03 Å². The van der Waals surface area contributed by atoms with Gasteiger partial charge in [0.1, 0.15) is 0 Å². The molecule has 22 heavy (non-hydrogen) atoms. The van der Waals surface area contributed by atoms with E-state index in [-0.39, 0.29) is 25.2 Å². The molecule has 0 atom stereocenters. The van der Waals surface area contributed by atoms with Crippen molar-refractivity contribution in [2.75, 3.05) is 5.73 Å². The van der Waals surface area contributed by atoms with Crippen LogP contribution in [-0.4, -0.2) is 28.6 Å². The number of anilines is 1. The van der Waals surface area contributed by atoms with Crippen molar-refractivity contribution in [3.63, 3.8) is 0 Å². The van der Waals surface area contributed by atoms with Crippen LogP contribution in [-0.2, 0) is 9.84 Å². The van der Waals surface area contributed by atoms with E-state index in [0.29, 0.717) is 16.1 Å². The van der Waals surface area contributed by atoms with E-state index in [9.17, 15) is 8.42 Å². The summed E-state index contributed by atoms with van der Waals surface area (Å²) in [6, 6.07) is 2.98. The molecule has 1 aromatic carbocycles. The molecule has 0 saturated carbocycles. The minimum absolute atomic E-state index is 0.0554. The molecule has 2 N–H and O–H groups in total. The molecule has 0 unspecified atom stereocenters. The Morgan fingerprint density at radius 3 is 2.23 bits per heavy atom. The van der Waals surface area contributed by atoms with E-state index in [1.54, 1.807) is 0 Å². The normalized spacial score (nSPS) is 12.0. The SMILES string of the molecule is Cc1nc2cc(Cl)c(Cl)cc2nc1S(=O)(=O)c1nnc(N)s1. The third-order valence-electron chi connectivity index (χ3n) is 2.74. The highest BCUT2D eigenvalue weighted by molar-refractivity contribution is 7.93. The number of rotatable bonds is 2. The number of nitrogens with two attached hydrogens (primary N) is 1. The van der Waals surface area contributed by atoms with Crippen molar-refractivity contribution in [2.45, 2.75) is 16.3 Å². The third kappa shape index (κ3) is 2.50. The van der Waals surface area contributed by atoms with Gasteiger partial charge in [0.2, 0.25) is 9.47 Å². The summed E-state index contributed by atoms with van der Waals surface area (Å²) in [4.78, 5) is 8.36. The van der Waals surface area contributed by atoms with Crippen molar-refractivity contribution in [1.82, 2.24) is 20.2 Å². The number of aromatic nitrogens is 4. The lowest BCUT2D eigenvalue weighted by molar-refractivity contribution is 0.589. The summed E-state index contributed by atoms with van der Waals surface area (Å²) in [6.07, 6.45) is 0. The number of sulfone groups is 1. The number of benzene rings is 1. The molecule has 0 saturated heterocycles. The van der Waals surface area contributed by atoms with Crippen molar-refractivity contribution in [3.8, 4) is 0 Å². The lowest BCUT2D eigenvalue weighted by atomic mass is 10.3. The average Bonchev–Trinajstić information content (AvgIpc) is 2.87. The molecule has 0 aliphatic carbocycles. The van der Waals surface area contributed by atoms with Gasteiger partial charge in [0, 0.05) is 0 Å². The van der Waals surface area contributed by atoms with E-state index >= 15 is 0 Å². The molecule has 3 rings (SSSR count). The molecular weight excluding hydrogens is 369 g/mol. The van der Waals surface area contributed by atoms with Crippen LogP contribution in [0.25, 0.3) is 11.0 Å². The van der Waals surface area contributed by atoms with Crippen molar-refractivity contribution in [3.05, 3.63) is 27.9 Å². The molecule has 3 aromatic rings. The van der Waals surface area contributed by atoms with E-state index in [2.05, 4.69) is 20.2 Å². The van der Waals surface area contributed by atoms with Gasteiger partial charge in [-0.1, -0.05) is 34.5 Å². The van der Waals surface area contributed by atoms with Crippen LogP contribution in [0.3, 0.4) is 0 Å². The Kier molecular flexibility index (Phi) is 3.68. The molecule has 0 spiro atoms. The summed E-state index contributed by atoms with van der Waals surface area (Å²) in [5, 5.41) is 7.48. The van der Waals surface area contributed by atoms with Crippen LogP contribution in [0.15, 0.2) is 21.5 Å². The molecule has 2 heterocycles. The van der Waals surface area contributed by atoms with Crippen molar-refractivity contribution in [2.24, 2.45) is 0 Å². The fourth-order valence-electron chi connectivity index (χ4n) is 1.79. The van der Waals surface area contributed by atoms with Crippen LogP contribution in [0.2, 0.25) is 10.0 Å². The molecule has 11 heteroatoms. The topological polar surface area (TPSA) is 112 Å². The van der Waals surface area contributed by atoms with Gasteiger partial charge >= 0.3 is 0 Å². The van der Waals surface area contributed by atoms with E-state index in [1.165, 1.54) is 19.1 Å². The highest BCUT2D eigenvalue weighted by Gasteiger charge is 2.27. The summed E-state index contributed by atoms with van der Waals surface area (Å²) in [5.41, 5.74) is 6.42. The van der Waals surface area contributed by atoms with Crippen LogP contribution in [0, 0.1) is 6.92 Å². The maximum absolute atomic E-state index is 12.6. The van der Waals surface area contributed by atoms with Crippen LogP contribution in [0.1, 0.15) is 5.69 Å². The minimum atomic E-state index is -3.95. The van der Waals surface area contributed by atoms with Crippen LogP contribution >= 0.6 is 34.5 Å².